The molecule has 3 rings (SSSR count). The Morgan fingerprint density at radius 3 is 2.78 bits per heavy atom. The Balaban J connectivity index is 1.56. The summed E-state index contributed by atoms with van der Waals surface area (Å²) in [6, 6.07) is 5.96. The molecule has 1 saturated heterocycles. The molecule has 1 fully saturated rings. The maximum Gasteiger partial charge on any atom is 0.223 e. The minimum atomic E-state index is -0.811. The lowest BCUT2D eigenvalue weighted by Gasteiger charge is -2.33. The van der Waals surface area contributed by atoms with Gasteiger partial charge in [-0.3, -0.25) is 13.8 Å². The molecule has 1 aliphatic carbocycles. The van der Waals surface area contributed by atoms with Crippen LogP contribution in [0.4, 0.5) is 0 Å². The summed E-state index contributed by atoms with van der Waals surface area (Å²) in [4.78, 5) is 26.4. The standard InChI is InChI=1S/C18H23NO3S/c1-13-12-23(22)10-9-19(13)18(21)8-7-17(20)16-6-5-14-3-2-4-15(14)11-16/h5-6,11,13H,2-4,7-10,12H2,1H3/t13-,23-/m1/s1. The lowest BCUT2D eigenvalue weighted by atomic mass is 10.0. The van der Waals surface area contributed by atoms with Crippen LogP contribution in [-0.4, -0.2) is 44.9 Å². The highest BCUT2D eigenvalue weighted by molar-refractivity contribution is 7.85. The molecule has 2 aliphatic rings. The smallest absolute Gasteiger partial charge is 0.223 e. The summed E-state index contributed by atoms with van der Waals surface area (Å²) in [6.07, 6.45) is 3.82. The van der Waals surface area contributed by atoms with Gasteiger partial charge >= 0.3 is 0 Å². The third-order valence-electron chi connectivity index (χ3n) is 4.83. The van der Waals surface area contributed by atoms with E-state index in [2.05, 4.69) is 6.07 Å². The number of hydrogen-bond donors (Lipinski definition) is 0. The van der Waals surface area contributed by atoms with Gasteiger partial charge in [0.05, 0.1) is 0 Å². The average Bonchev–Trinajstić information content (AvgIpc) is 2.99. The van der Waals surface area contributed by atoms with E-state index in [4.69, 9.17) is 0 Å². The van der Waals surface area contributed by atoms with Crippen molar-refractivity contribution in [2.45, 2.75) is 45.1 Å². The number of benzene rings is 1. The number of carbonyl (C=O) groups excluding carboxylic acids is 2. The molecular weight excluding hydrogens is 310 g/mol. The van der Waals surface area contributed by atoms with E-state index in [1.54, 1.807) is 4.90 Å². The van der Waals surface area contributed by atoms with Gasteiger partial charge in [0.2, 0.25) is 5.91 Å². The molecule has 124 valence electrons. The van der Waals surface area contributed by atoms with Gasteiger partial charge in [-0.25, -0.2) is 0 Å². The first-order valence-electron chi connectivity index (χ1n) is 8.34. The largest absolute Gasteiger partial charge is 0.338 e. The molecule has 1 aromatic carbocycles. The molecule has 2 atom stereocenters. The zero-order valence-electron chi connectivity index (χ0n) is 13.5. The normalized spacial score (nSPS) is 23.6. The summed E-state index contributed by atoms with van der Waals surface area (Å²) in [6.45, 7) is 2.47. The monoisotopic (exact) mass is 333 g/mol. The summed E-state index contributed by atoms with van der Waals surface area (Å²) < 4.78 is 11.5. The van der Waals surface area contributed by atoms with Crippen molar-refractivity contribution in [3.05, 3.63) is 34.9 Å². The molecule has 0 unspecified atom stereocenters. The average molecular weight is 333 g/mol. The molecule has 1 heterocycles. The van der Waals surface area contributed by atoms with E-state index in [9.17, 15) is 13.8 Å². The predicted octanol–water partition coefficient (Wildman–Crippen LogP) is 2.12. The van der Waals surface area contributed by atoms with Gasteiger partial charge in [0, 0.05) is 53.3 Å². The van der Waals surface area contributed by atoms with E-state index in [0.29, 0.717) is 18.1 Å². The summed E-state index contributed by atoms with van der Waals surface area (Å²) >= 11 is 0. The lowest BCUT2D eigenvalue weighted by Crippen LogP contribution is -2.48. The first-order chi connectivity index (χ1) is 11.0. The Kier molecular flexibility index (Phi) is 4.95. The molecule has 4 nitrogen and oxygen atoms in total. The molecule has 0 spiro atoms. The van der Waals surface area contributed by atoms with Crippen LogP contribution < -0.4 is 0 Å². The van der Waals surface area contributed by atoms with Gasteiger partial charge in [-0.15, -0.1) is 0 Å². The first-order valence-corrected chi connectivity index (χ1v) is 9.83. The van der Waals surface area contributed by atoms with Crippen LogP contribution in [0.2, 0.25) is 0 Å². The number of amides is 1. The minimum absolute atomic E-state index is 0.00344. The number of rotatable bonds is 4. The van der Waals surface area contributed by atoms with Gasteiger partial charge in [0.15, 0.2) is 5.78 Å². The fourth-order valence-electron chi connectivity index (χ4n) is 3.49. The number of carbonyl (C=O) groups is 2. The van der Waals surface area contributed by atoms with Crippen LogP contribution in [0.5, 0.6) is 0 Å². The molecule has 1 aliphatic heterocycles. The second-order valence-electron chi connectivity index (χ2n) is 6.51. The second-order valence-corrected chi connectivity index (χ2v) is 8.13. The summed E-state index contributed by atoms with van der Waals surface area (Å²) in [5, 5.41) is 0. The van der Waals surface area contributed by atoms with Gasteiger partial charge in [-0.05, 0) is 43.4 Å². The van der Waals surface area contributed by atoms with Crippen LogP contribution in [0.3, 0.4) is 0 Å². The Morgan fingerprint density at radius 2 is 2.00 bits per heavy atom. The first kappa shape index (κ1) is 16.4. The van der Waals surface area contributed by atoms with Crippen molar-refractivity contribution in [1.29, 1.82) is 0 Å². The number of hydrogen-bond acceptors (Lipinski definition) is 3. The number of fused-ring (bicyclic) bond motifs is 1. The zero-order valence-corrected chi connectivity index (χ0v) is 14.4. The van der Waals surface area contributed by atoms with Gasteiger partial charge < -0.3 is 4.90 Å². The van der Waals surface area contributed by atoms with Crippen molar-refractivity contribution >= 4 is 22.5 Å². The highest BCUT2D eigenvalue weighted by atomic mass is 32.2. The molecule has 0 saturated carbocycles. The van der Waals surface area contributed by atoms with E-state index in [1.807, 2.05) is 19.1 Å². The van der Waals surface area contributed by atoms with Crippen molar-refractivity contribution in [3.8, 4) is 0 Å². The SMILES string of the molecule is C[C@@H]1C[S@](=O)CCN1C(=O)CCC(=O)c1ccc2c(c1)CCC2. The van der Waals surface area contributed by atoms with E-state index in [1.165, 1.54) is 17.5 Å². The van der Waals surface area contributed by atoms with Crippen molar-refractivity contribution < 1.29 is 13.8 Å². The van der Waals surface area contributed by atoms with E-state index in [0.717, 1.165) is 18.4 Å². The highest BCUT2D eigenvalue weighted by Crippen LogP contribution is 2.23. The Hall–Kier alpha value is -1.49. The van der Waals surface area contributed by atoms with Crippen LogP contribution in [0.25, 0.3) is 0 Å². The molecule has 23 heavy (non-hydrogen) atoms. The van der Waals surface area contributed by atoms with Crippen LogP contribution in [0, 0.1) is 0 Å². The van der Waals surface area contributed by atoms with Crippen LogP contribution in [0.15, 0.2) is 18.2 Å². The fourth-order valence-corrected chi connectivity index (χ4v) is 4.77. The topological polar surface area (TPSA) is 54.5 Å². The fraction of sp³-hybridized carbons (Fsp3) is 0.556. The summed E-state index contributed by atoms with van der Waals surface area (Å²) in [5.41, 5.74) is 3.37. The molecule has 0 N–H and O–H groups in total. The van der Waals surface area contributed by atoms with Crippen molar-refractivity contribution in [3.63, 3.8) is 0 Å². The van der Waals surface area contributed by atoms with Crippen molar-refractivity contribution in [2.75, 3.05) is 18.1 Å². The van der Waals surface area contributed by atoms with Crippen molar-refractivity contribution in [2.24, 2.45) is 0 Å². The lowest BCUT2D eigenvalue weighted by molar-refractivity contribution is -0.132. The quantitative estimate of drug-likeness (QED) is 0.793. The molecule has 5 heteroatoms. The van der Waals surface area contributed by atoms with Crippen molar-refractivity contribution in [1.82, 2.24) is 4.90 Å². The Labute approximate surface area is 139 Å². The third-order valence-corrected chi connectivity index (χ3v) is 6.32. The molecule has 0 aromatic heterocycles. The summed E-state index contributed by atoms with van der Waals surface area (Å²) in [7, 11) is -0.811. The van der Waals surface area contributed by atoms with Gasteiger partial charge in [-0.1, -0.05) is 12.1 Å². The highest BCUT2D eigenvalue weighted by Gasteiger charge is 2.26. The molecule has 1 aromatic rings. The van der Waals surface area contributed by atoms with Gasteiger partial charge in [-0.2, -0.15) is 0 Å². The third kappa shape index (κ3) is 3.71. The van der Waals surface area contributed by atoms with Gasteiger partial charge in [0.25, 0.3) is 0 Å². The number of Topliss-reactive ketones (excluding diaryl/α,β-unsaturated/α-hetero) is 1. The van der Waals surface area contributed by atoms with E-state index in [-0.39, 0.29) is 30.6 Å². The van der Waals surface area contributed by atoms with Crippen LogP contribution in [0.1, 0.15) is 47.7 Å². The minimum Gasteiger partial charge on any atom is -0.338 e. The molecule has 0 bridgehead atoms. The van der Waals surface area contributed by atoms with Crippen LogP contribution in [-0.2, 0) is 28.4 Å². The second kappa shape index (κ2) is 6.95. The Morgan fingerprint density at radius 1 is 1.22 bits per heavy atom. The predicted molar refractivity (Wildman–Crippen MR) is 91.1 cm³/mol. The molecule has 0 radical (unpaired) electrons. The molecular formula is C18H23NO3S. The summed E-state index contributed by atoms with van der Waals surface area (Å²) in [5.74, 6) is 1.14. The molecule has 1 amide bonds. The maximum atomic E-state index is 12.3. The number of aryl methyl sites for hydroxylation is 2. The Bertz CT molecular complexity index is 656. The number of ketones is 1. The maximum absolute atomic E-state index is 12.3. The van der Waals surface area contributed by atoms with Crippen LogP contribution >= 0.6 is 0 Å². The zero-order chi connectivity index (χ0) is 16.4. The van der Waals surface area contributed by atoms with Gasteiger partial charge in [0.1, 0.15) is 0 Å². The van der Waals surface area contributed by atoms with E-state index < -0.39 is 10.8 Å². The van der Waals surface area contributed by atoms with E-state index >= 15 is 0 Å². The number of nitrogens with zero attached hydrogens (tertiary/aromatic N) is 1.